The minimum atomic E-state index is 0.247. The fourth-order valence-corrected chi connectivity index (χ4v) is 3.02. The van der Waals surface area contributed by atoms with Crippen LogP contribution in [0.5, 0.6) is 0 Å². The zero-order chi connectivity index (χ0) is 15.8. The Bertz CT molecular complexity index is 866. The molecule has 5 heteroatoms. The molecule has 1 aliphatic rings. The van der Waals surface area contributed by atoms with Gasteiger partial charge in [0.1, 0.15) is 5.69 Å². The van der Waals surface area contributed by atoms with Gasteiger partial charge in [0.05, 0.1) is 18.3 Å². The summed E-state index contributed by atoms with van der Waals surface area (Å²) >= 11 is 6.03. The number of benzene rings is 1. The van der Waals surface area contributed by atoms with Gasteiger partial charge in [0.15, 0.2) is 0 Å². The molecule has 0 amide bonds. The van der Waals surface area contributed by atoms with Gasteiger partial charge in [0, 0.05) is 34.8 Å². The van der Waals surface area contributed by atoms with E-state index in [-0.39, 0.29) is 6.04 Å². The lowest BCUT2D eigenvalue weighted by atomic mass is 9.99. The van der Waals surface area contributed by atoms with Crippen LogP contribution in [0.3, 0.4) is 0 Å². The van der Waals surface area contributed by atoms with E-state index in [2.05, 4.69) is 21.6 Å². The first-order valence-electron chi connectivity index (χ1n) is 7.52. The summed E-state index contributed by atoms with van der Waals surface area (Å²) in [5, 5.41) is 5.59. The Morgan fingerprint density at radius 1 is 1.04 bits per heavy atom. The van der Waals surface area contributed by atoms with Crippen LogP contribution in [0, 0.1) is 0 Å². The van der Waals surface area contributed by atoms with Crippen molar-refractivity contribution in [2.24, 2.45) is 4.99 Å². The van der Waals surface area contributed by atoms with Gasteiger partial charge >= 0.3 is 0 Å². The Morgan fingerprint density at radius 3 is 2.52 bits per heavy atom. The number of fused-ring (bicyclic) bond motifs is 1. The number of halogens is 1. The summed E-state index contributed by atoms with van der Waals surface area (Å²) in [4.78, 5) is 8.60. The van der Waals surface area contributed by atoms with Crippen LogP contribution in [-0.2, 0) is 0 Å². The summed E-state index contributed by atoms with van der Waals surface area (Å²) in [7, 11) is 0. The molecule has 0 bridgehead atoms. The van der Waals surface area contributed by atoms with Crippen LogP contribution in [0.4, 0.5) is 0 Å². The molecule has 2 aromatic heterocycles. The van der Waals surface area contributed by atoms with E-state index in [0.29, 0.717) is 0 Å². The number of rotatable bonds is 2. The van der Waals surface area contributed by atoms with E-state index in [1.807, 2.05) is 42.6 Å². The predicted molar refractivity (Wildman–Crippen MR) is 93.1 cm³/mol. The first-order chi connectivity index (χ1) is 11.2. The van der Waals surface area contributed by atoms with Gasteiger partial charge in [-0.1, -0.05) is 23.7 Å². The second kappa shape index (κ2) is 5.63. The van der Waals surface area contributed by atoms with Crippen molar-refractivity contribution in [1.29, 1.82) is 0 Å². The number of hydrogen-bond donors (Lipinski definition) is 0. The fraction of sp³-hybridized carbons (Fsp3) is 0.167. The SMILES string of the molecule is C[C@@H]1CN=Cc2c(-c3ccncc3)c(-c3ccc(Cl)cc3)nn21. The minimum absolute atomic E-state index is 0.247. The highest BCUT2D eigenvalue weighted by Gasteiger charge is 2.24. The van der Waals surface area contributed by atoms with E-state index < -0.39 is 0 Å². The number of aliphatic imine (C=N–C) groups is 1. The van der Waals surface area contributed by atoms with Gasteiger partial charge in [0.2, 0.25) is 0 Å². The highest BCUT2D eigenvalue weighted by atomic mass is 35.5. The summed E-state index contributed by atoms with van der Waals surface area (Å²) in [5.74, 6) is 0. The van der Waals surface area contributed by atoms with Crippen molar-refractivity contribution in [3.63, 3.8) is 0 Å². The van der Waals surface area contributed by atoms with E-state index in [1.54, 1.807) is 12.4 Å². The average Bonchev–Trinajstić information content (AvgIpc) is 2.97. The van der Waals surface area contributed by atoms with Crippen LogP contribution in [0.15, 0.2) is 53.8 Å². The second-order valence-electron chi connectivity index (χ2n) is 5.64. The van der Waals surface area contributed by atoms with Gasteiger partial charge in [-0.15, -0.1) is 0 Å². The molecule has 0 radical (unpaired) electrons. The van der Waals surface area contributed by atoms with E-state index in [0.717, 1.165) is 39.6 Å². The van der Waals surface area contributed by atoms with Gasteiger partial charge in [-0.2, -0.15) is 5.10 Å². The molecule has 3 aromatic rings. The molecule has 0 aliphatic carbocycles. The third-order valence-corrected chi connectivity index (χ3v) is 4.29. The molecule has 0 unspecified atom stereocenters. The lowest BCUT2D eigenvalue weighted by Crippen LogP contribution is -2.17. The van der Waals surface area contributed by atoms with Crippen molar-refractivity contribution in [2.75, 3.05) is 6.54 Å². The van der Waals surface area contributed by atoms with Crippen molar-refractivity contribution in [3.05, 3.63) is 59.5 Å². The molecule has 0 spiro atoms. The van der Waals surface area contributed by atoms with Crippen molar-refractivity contribution < 1.29 is 0 Å². The molecule has 0 fully saturated rings. The quantitative estimate of drug-likeness (QED) is 0.707. The second-order valence-corrected chi connectivity index (χ2v) is 6.08. The van der Waals surface area contributed by atoms with Gasteiger partial charge in [0.25, 0.3) is 0 Å². The molecular weight excluding hydrogens is 308 g/mol. The molecule has 0 N–H and O–H groups in total. The average molecular weight is 323 g/mol. The molecule has 114 valence electrons. The molecule has 23 heavy (non-hydrogen) atoms. The number of pyridine rings is 1. The molecule has 4 nitrogen and oxygen atoms in total. The van der Waals surface area contributed by atoms with Crippen molar-refractivity contribution in [2.45, 2.75) is 13.0 Å². The van der Waals surface area contributed by atoms with Gasteiger partial charge in [-0.25, -0.2) is 0 Å². The number of aromatic nitrogens is 3. The highest BCUT2D eigenvalue weighted by Crippen LogP contribution is 2.36. The minimum Gasteiger partial charge on any atom is -0.289 e. The summed E-state index contributed by atoms with van der Waals surface area (Å²) < 4.78 is 2.06. The van der Waals surface area contributed by atoms with Gasteiger partial charge in [-0.3, -0.25) is 14.7 Å². The first kappa shape index (κ1) is 14.2. The molecular formula is C18H15ClN4. The lowest BCUT2D eigenvalue weighted by Gasteiger charge is -2.16. The first-order valence-corrected chi connectivity index (χ1v) is 7.90. The monoisotopic (exact) mass is 322 g/mol. The molecule has 0 saturated carbocycles. The Hall–Kier alpha value is -2.46. The molecule has 1 atom stereocenters. The van der Waals surface area contributed by atoms with Crippen LogP contribution in [0.2, 0.25) is 5.02 Å². The van der Waals surface area contributed by atoms with Crippen molar-refractivity contribution in [3.8, 4) is 22.4 Å². The van der Waals surface area contributed by atoms with Crippen LogP contribution in [0.1, 0.15) is 18.7 Å². The standard InChI is InChI=1S/C18H15ClN4/c1-12-10-21-11-16-17(13-6-8-20-9-7-13)18(22-23(12)16)14-2-4-15(19)5-3-14/h2-9,11-12H,10H2,1H3/t12-/m1/s1. The topological polar surface area (TPSA) is 43.1 Å². The maximum Gasteiger partial charge on any atom is 0.101 e. The predicted octanol–water partition coefficient (Wildman–Crippen LogP) is 4.26. The van der Waals surface area contributed by atoms with Crippen molar-refractivity contribution >= 4 is 17.8 Å². The van der Waals surface area contributed by atoms with Crippen LogP contribution in [-0.4, -0.2) is 27.5 Å². The zero-order valence-electron chi connectivity index (χ0n) is 12.6. The van der Waals surface area contributed by atoms with E-state index in [4.69, 9.17) is 16.7 Å². The Kier molecular flexibility index (Phi) is 3.46. The molecule has 3 heterocycles. The number of hydrogen-bond acceptors (Lipinski definition) is 3. The summed E-state index contributed by atoms with van der Waals surface area (Å²) in [6, 6.07) is 12.0. The number of nitrogens with zero attached hydrogens (tertiary/aromatic N) is 4. The normalized spacial score (nSPS) is 16.3. The molecule has 1 aromatic carbocycles. The third kappa shape index (κ3) is 2.45. The van der Waals surface area contributed by atoms with E-state index >= 15 is 0 Å². The van der Waals surface area contributed by atoms with Gasteiger partial charge < -0.3 is 0 Å². The van der Waals surface area contributed by atoms with Crippen LogP contribution in [0.25, 0.3) is 22.4 Å². The highest BCUT2D eigenvalue weighted by molar-refractivity contribution is 6.30. The van der Waals surface area contributed by atoms with Crippen LogP contribution < -0.4 is 0 Å². The largest absolute Gasteiger partial charge is 0.289 e. The van der Waals surface area contributed by atoms with Crippen molar-refractivity contribution in [1.82, 2.24) is 14.8 Å². The maximum absolute atomic E-state index is 6.03. The lowest BCUT2D eigenvalue weighted by molar-refractivity contribution is 0.491. The van der Waals surface area contributed by atoms with E-state index in [1.165, 1.54) is 0 Å². The summed E-state index contributed by atoms with van der Waals surface area (Å²) in [6.45, 7) is 2.89. The molecule has 1 aliphatic heterocycles. The summed E-state index contributed by atoms with van der Waals surface area (Å²) in [6.07, 6.45) is 5.52. The van der Waals surface area contributed by atoms with Gasteiger partial charge in [-0.05, 0) is 36.8 Å². The van der Waals surface area contributed by atoms with E-state index in [9.17, 15) is 0 Å². The fourth-order valence-electron chi connectivity index (χ4n) is 2.89. The zero-order valence-corrected chi connectivity index (χ0v) is 13.4. The van der Waals surface area contributed by atoms with Crippen LogP contribution >= 0.6 is 11.6 Å². The third-order valence-electron chi connectivity index (χ3n) is 4.03. The Balaban J connectivity index is 1.99. The smallest absolute Gasteiger partial charge is 0.101 e. The maximum atomic E-state index is 6.03. The Morgan fingerprint density at radius 2 is 1.78 bits per heavy atom. The summed E-state index contributed by atoms with van der Waals surface area (Å²) in [5.41, 5.74) is 5.21. The Labute approximate surface area is 139 Å². The molecule has 4 rings (SSSR count). The molecule has 0 saturated heterocycles.